The van der Waals surface area contributed by atoms with Crippen LogP contribution in [-0.2, 0) is 12.8 Å². The highest BCUT2D eigenvalue weighted by molar-refractivity contribution is 7.99. The lowest BCUT2D eigenvalue weighted by Crippen LogP contribution is -1.76. The zero-order valence-corrected chi connectivity index (χ0v) is 11.9. The van der Waals surface area contributed by atoms with E-state index in [-0.39, 0.29) is 0 Å². The van der Waals surface area contributed by atoms with Gasteiger partial charge >= 0.3 is 0 Å². The molecule has 0 nitrogen and oxygen atoms in total. The molecule has 2 heterocycles. The predicted octanol–water partition coefficient (Wildman–Crippen LogP) is 4.67. The molecule has 2 heteroatoms. The van der Waals surface area contributed by atoms with Gasteiger partial charge in [0.25, 0.3) is 0 Å². The molecule has 0 spiro atoms. The molecule has 2 aliphatic heterocycles. The molecule has 0 unspecified atom stereocenters. The van der Waals surface area contributed by atoms with Crippen molar-refractivity contribution in [2.24, 2.45) is 0 Å². The monoisotopic (exact) mass is 272 g/mol. The van der Waals surface area contributed by atoms with Crippen molar-refractivity contribution in [1.29, 1.82) is 0 Å². The van der Waals surface area contributed by atoms with Crippen LogP contribution in [0.1, 0.15) is 11.1 Å². The molecule has 2 aromatic carbocycles. The Balaban J connectivity index is 0.000000111. The van der Waals surface area contributed by atoms with E-state index in [0.29, 0.717) is 0 Å². The number of benzene rings is 2. The van der Waals surface area contributed by atoms with Gasteiger partial charge in [0, 0.05) is 21.3 Å². The zero-order chi connectivity index (χ0) is 12.2. The Labute approximate surface area is 117 Å². The van der Waals surface area contributed by atoms with Gasteiger partial charge in [0.05, 0.1) is 0 Å². The Hall–Kier alpha value is -0.860. The normalized spacial score (nSPS) is 15.6. The van der Waals surface area contributed by atoms with Crippen LogP contribution in [-0.4, -0.2) is 11.5 Å². The van der Waals surface area contributed by atoms with Crippen LogP contribution in [0.25, 0.3) is 0 Å². The summed E-state index contributed by atoms with van der Waals surface area (Å²) >= 11 is 3.94. The quantitative estimate of drug-likeness (QED) is 0.683. The van der Waals surface area contributed by atoms with Crippen LogP contribution < -0.4 is 0 Å². The minimum atomic E-state index is 1.26. The van der Waals surface area contributed by atoms with Gasteiger partial charge in [0.15, 0.2) is 0 Å². The summed E-state index contributed by atoms with van der Waals surface area (Å²) < 4.78 is 0. The maximum Gasteiger partial charge on any atom is 0.0104 e. The van der Waals surface area contributed by atoms with Crippen molar-refractivity contribution in [2.75, 3.05) is 11.5 Å². The van der Waals surface area contributed by atoms with Gasteiger partial charge in [0.2, 0.25) is 0 Å². The van der Waals surface area contributed by atoms with Crippen molar-refractivity contribution in [3.63, 3.8) is 0 Å². The van der Waals surface area contributed by atoms with Crippen LogP contribution >= 0.6 is 23.5 Å². The molecule has 18 heavy (non-hydrogen) atoms. The van der Waals surface area contributed by atoms with Gasteiger partial charge in [-0.2, -0.15) is 0 Å². The first-order valence-corrected chi connectivity index (χ1v) is 8.32. The van der Waals surface area contributed by atoms with Gasteiger partial charge in [-0.05, 0) is 36.1 Å². The van der Waals surface area contributed by atoms with Gasteiger partial charge in [-0.15, -0.1) is 23.5 Å². The summed E-state index contributed by atoms with van der Waals surface area (Å²) in [6.45, 7) is 0. The molecule has 4 rings (SSSR count). The van der Waals surface area contributed by atoms with E-state index in [2.05, 4.69) is 48.5 Å². The van der Waals surface area contributed by atoms with Crippen LogP contribution in [0.2, 0.25) is 0 Å². The van der Waals surface area contributed by atoms with Gasteiger partial charge in [-0.25, -0.2) is 0 Å². The molecule has 92 valence electrons. The highest BCUT2D eigenvalue weighted by Gasteiger charge is 2.08. The third-order valence-corrected chi connectivity index (χ3v) is 5.44. The van der Waals surface area contributed by atoms with E-state index in [4.69, 9.17) is 0 Å². The number of rotatable bonds is 0. The Morgan fingerprint density at radius 3 is 1.50 bits per heavy atom. The number of hydrogen-bond acceptors (Lipinski definition) is 2. The maximum absolute atomic E-state index is 2.22. The fourth-order valence-electron chi connectivity index (χ4n) is 2.24. The predicted molar refractivity (Wildman–Crippen MR) is 81.7 cm³/mol. The summed E-state index contributed by atoms with van der Waals surface area (Å²) in [6, 6.07) is 17.3. The topological polar surface area (TPSA) is 0 Å². The molecular formula is C16H16S2. The zero-order valence-electron chi connectivity index (χ0n) is 10.3. The third kappa shape index (κ3) is 2.76. The summed E-state index contributed by atoms with van der Waals surface area (Å²) in [6.07, 6.45) is 2.53. The van der Waals surface area contributed by atoms with Crippen molar-refractivity contribution in [2.45, 2.75) is 22.6 Å². The van der Waals surface area contributed by atoms with Gasteiger partial charge in [-0.3, -0.25) is 0 Å². The highest BCUT2D eigenvalue weighted by atomic mass is 32.2. The van der Waals surface area contributed by atoms with Gasteiger partial charge in [0.1, 0.15) is 0 Å². The largest absolute Gasteiger partial charge is 0.126 e. The SMILES string of the molecule is c1ccc2c(c1)CCS2.c1ccc2c(c1)CCS2. The minimum absolute atomic E-state index is 1.26. The summed E-state index contributed by atoms with van der Waals surface area (Å²) in [7, 11) is 0. The fraction of sp³-hybridized carbons (Fsp3) is 0.250. The van der Waals surface area contributed by atoms with Crippen molar-refractivity contribution >= 4 is 23.5 Å². The van der Waals surface area contributed by atoms with Gasteiger partial charge < -0.3 is 0 Å². The Morgan fingerprint density at radius 1 is 0.611 bits per heavy atom. The van der Waals surface area contributed by atoms with Crippen molar-refractivity contribution in [1.82, 2.24) is 0 Å². The summed E-state index contributed by atoms with van der Waals surface area (Å²) in [5, 5.41) is 0. The highest BCUT2D eigenvalue weighted by Crippen LogP contribution is 2.30. The summed E-state index contributed by atoms with van der Waals surface area (Å²) in [5.74, 6) is 2.55. The lowest BCUT2D eigenvalue weighted by Gasteiger charge is -1.92. The van der Waals surface area contributed by atoms with E-state index in [1.807, 2.05) is 23.5 Å². The average molecular weight is 272 g/mol. The van der Waals surface area contributed by atoms with Crippen LogP contribution in [0.5, 0.6) is 0 Å². The molecular weight excluding hydrogens is 256 g/mol. The second kappa shape index (κ2) is 5.85. The molecule has 0 saturated carbocycles. The fourth-order valence-corrected chi connectivity index (χ4v) is 4.39. The van der Waals surface area contributed by atoms with E-state index < -0.39 is 0 Å². The molecule has 2 aliphatic rings. The second-order valence-electron chi connectivity index (χ2n) is 4.41. The molecule has 0 N–H and O–H groups in total. The number of fused-ring (bicyclic) bond motifs is 2. The number of thioether (sulfide) groups is 2. The van der Waals surface area contributed by atoms with Crippen LogP contribution in [0.4, 0.5) is 0 Å². The average Bonchev–Trinajstić information content (AvgIpc) is 3.08. The first-order chi connectivity index (χ1) is 8.93. The summed E-state index contributed by atoms with van der Waals surface area (Å²) in [4.78, 5) is 2.97. The molecule has 0 radical (unpaired) electrons. The maximum atomic E-state index is 2.22. The molecule has 0 bridgehead atoms. The Bertz CT molecular complexity index is 439. The van der Waals surface area contributed by atoms with E-state index in [1.165, 1.54) is 45.3 Å². The van der Waals surface area contributed by atoms with E-state index in [1.54, 1.807) is 0 Å². The molecule has 0 aromatic heterocycles. The van der Waals surface area contributed by atoms with Crippen molar-refractivity contribution in [3.05, 3.63) is 59.7 Å². The van der Waals surface area contributed by atoms with Crippen LogP contribution in [0.15, 0.2) is 58.3 Å². The lowest BCUT2D eigenvalue weighted by molar-refractivity contribution is 1.15. The minimum Gasteiger partial charge on any atom is -0.126 e. The molecule has 0 fully saturated rings. The molecule has 0 atom stereocenters. The van der Waals surface area contributed by atoms with E-state index in [0.717, 1.165) is 0 Å². The van der Waals surface area contributed by atoms with Gasteiger partial charge in [-0.1, -0.05) is 36.4 Å². The number of aryl methyl sites for hydroxylation is 2. The van der Waals surface area contributed by atoms with Crippen molar-refractivity contribution < 1.29 is 0 Å². The first kappa shape index (κ1) is 12.2. The molecule has 0 aliphatic carbocycles. The standard InChI is InChI=1S/2C8H8S/c2*1-2-4-8-7(3-1)5-6-9-8/h2*1-4H,5-6H2. The second-order valence-corrected chi connectivity index (χ2v) is 6.69. The number of hydrogen-bond donors (Lipinski definition) is 0. The van der Waals surface area contributed by atoms with Crippen LogP contribution in [0.3, 0.4) is 0 Å². The third-order valence-electron chi connectivity index (χ3n) is 3.20. The molecule has 0 amide bonds. The smallest absolute Gasteiger partial charge is 0.0104 e. The first-order valence-electron chi connectivity index (χ1n) is 6.35. The lowest BCUT2D eigenvalue weighted by atomic mass is 10.2. The van der Waals surface area contributed by atoms with Crippen molar-refractivity contribution in [3.8, 4) is 0 Å². The Morgan fingerprint density at radius 2 is 1.06 bits per heavy atom. The summed E-state index contributed by atoms with van der Waals surface area (Å²) in [5.41, 5.74) is 3.06. The van der Waals surface area contributed by atoms with E-state index >= 15 is 0 Å². The Kier molecular flexibility index (Phi) is 3.96. The van der Waals surface area contributed by atoms with Crippen LogP contribution in [0, 0.1) is 0 Å². The van der Waals surface area contributed by atoms with E-state index in [9.17, 15) is 0 Å². The molecule has 0 saturated heterocycles. The molecule has 2 aromatic rings.